The van der Waals surface area contributed by atoms with Gasteiger partial charge in [0.25, 0.3) is 5.69 Å². The van der Waals surface area contributed by atoms with Gasteiger partial charge in [-0.1, -0.05) is 11.6 Å². The number of aryl methyl sites for hydroxylation is 1. The third-order valence-electron chi connectivity index (χ3n) is 2.55. The van der Waals surface area contributed by atoms with Gasteiger partial charge in [-0.15, -0.1) is 0 Å². The van der Waals surface area contributed by atoms with Crippen molar-refractivity contribution in [1.29, 1.82) is 5.26 Å². The van der Waals surface area contributed by atoms with E-state index in [1.54, 1.807) is 6.92 Å². The summed E-state index contributed by atoms with van der Waals surface area (Å²) >= 11 is 5.97. The lowest BCUT2D eigenvalue weighted by Gasteiger charge is -2.09. The Hall–Kier alpha value is -2.65. The number of ether oxygens (including phenoxy) is 1. The minimum Gasteiger partial charge on any atom is -0.437 e. The van der Waals surface area contributed by atoms with Crippen LogP contribution in [0.3, 0.4) is 0 Å². The first-order chi connectivity index (χ1) is 9.52. The van der Waals surface area contributed by atoms with Crippen molar-refractivity contribution in [1.82, 2.24) is 4.98 Å². The van der Waals surface area contributed by atoms with Gasteiger partial charge in [0.15, 0.2) is 0 Å². The van der Waals surface area contributed by atoms with Crippen molar-refractivity contribution in [2.75, 3.05) is 0 Å². The first kappa shape index (κ1) is 13.8. The summed E-state index contributed by atoms with van der Waals surface area (Å²) in [4.78, 5) is 14.1. The highest BCUT2D eigenvalue weighted by Crippen LogP contribution is 2.32. The predicted octanol–water partition coefficient (Wildman–Crippen LogP) is 3.62. The molecule has 0 saturated heterocycles. The van der Waals surface area contributed by atoms with Gasteiger partial charge in [0.2, 0.25) is 5.88 Å². The van der Waals surface area contributed by atoms with Gasteiger partial charge in [-0.25, -0.2) is 4.98 Å². The summed E-state index contributed by atoms with van der Waals surface area (Å²) in [7, 11) is 0. The van der Waals surface area contributed by atoms with Crippen molar-refractivity contribution in [3.63, 3.8) is 0 Å². The lowest BCUT2D eigenvalue weighted by molar-refractivity contribution is -0.384. The Kier molecular flexibility index (Phi) is 3.82. The van der Waals surface area contributed by atoms with E-state index in [4.69, 9.17) is 21.6 Å². The van der Waals surface area contributed by atoms with E-state index in [0.29, 0.717) is 11.3 Å². The molecule has 0 aliphatic rings. The predicted molar refractivity (Wildman–Crippen MR) is 71.9 cm³/mol. The molecule has 0 unspecified atom stereocenters. The lowest BCUT2D eigenvalue weighted by atomic mass is 10.2. The molecule has 0 aliphatic heterocycles. The van der Waals surface area contributed by atoms with Crippen molar-refractivity contribution < 1.29 is 9.66 Å². The second-order valence-corrected chi connectivity index (χ2v) is 4.28. The van der Waals surface area contributed by atoms with Crippen molar-refractivity contribution in [3.8, 4) is 17.7 Å². The minimum absolute atomic E-state index is 0.0281. The van der Waals surface area contributed by atoms with Gasteiger partial charge in [0, 0.05) is 18.3 Å². The highest BCUT2D eigenvalue weighted by molar-refractivity contribution is 6.33. The molecule has 7 heteroatoms. The minimum atomic E-state index is -0.488. The standard InChI is InChI=1S/C13H8ClN3O3/c1-8-6-10(17(18)19)2-3-11(8)20-13-12(14)9(7-15)4-5-16-13/h2-6H,1H3. The van der Waals surface area contributed by atoms with Crippen molar-refractivity contribution in [3.05, 3.63) is 56.7 Å². The third kappa shape index (κ3) is 2.68. The first-order valence-corrected chi connectivity index (χ1v) is 5.88. The fraction of sp³-hybridized carbons (Fsp3) is 0.0769. The zero-order valence-corrected chi connectivity index (χ0v) is 11.1. The SMILES string of the molecule is Cc1cc([N+](=O)[O-])ccc1Oc1nccc(C#N)c1Cl. The Morgan fingerprint density at radius 3 is 2.80 bits per heavy atom. The number of nitro groups is 1. The van der Waals surface area contributed by atoms with Crippen LogP contribution in [0.1, 0.15) is 11.1 Å². The van der Waals surface area contributed by atoms with Gasteiger partial charge in [0.1, 0.15) is 16.8 Å². The smallest absolute Gasteiger partial charge is 0.269 e. The molecule has 0 radical (unpaired) electrons. The average Bonchev–Trinajstić information content (AvgIpc) is 2.43. The van der Waals surface area contributed by atoms with Gasteiger partial charge in [-0.3, -0.25) is 10.1 Å². The molecule has 6 nitrogen and oxygen atoms in total. The van der Waals surface area contributed by atoms with Crippen LogP contribution in [0.5, 0.6) is 11.6 Å². The van der Waals surface area contributed by atoms with E-state index in [2.05, 4.69) is 4.98 Å². The number of hydrogen-bond donors (Lipinski definition) is 0. The number of non-ortho nitro benzene ring substituents is 1. The number of pyridine rings is 1. The second-order valence-electron chi connectivity index (χ2n) is 3.90. The number of nitrogens with zero attached hydrogens (tertiary/aromatic N) is 3. The van der Waals surface area contributed by atoms with E-state index in [0.717, 1.165) is 0 Å². The number of nitro benzene ring substituents is 1. The van der Waals surface area contributed by atoms with E-state index < -0.39 is 4.92 Å². The molecule has 1 heterocycles. The molecular weight excluding hydrogens is 282 g/mol. The molecule has 2 aromatic rings. The van der Waals surface area contributed by atoms with Crippen LogP contribution < -0.4 is 4.74 Å². The van der Waals surface area contributed by atoms with Crippen LogP contribution >= 0.6 is 11.6 Å². The molecule has 1 aromatic carbocycles. The largest absolute Gasteiger partial charge is 0.437 e. The Labute approximate surface area is 119 Å². The summed E-state index contributed by atoms with van der Waals surface area (Å²) in [5, 5.41) is 19.6. The third-order valence-corrected chi connectivity index (χ3v) is 2.92. The molecule has 0 N–H and O–H groups in total. The zero-order chi connectivity index (χ0) is 14.7. The molecule has 2 rings (SSSR count). The van der Waals surface area contributed by atoms with E-state index in [9.17, 15) is 10.1 Å². The maximum absolute atomic E-state index is 10.7. The van der Waals surface area contributed by atoms with Crippen LogP contribution in [0.25, 0.3) is 0 Å². The number of halogens is 1. The van der Waals surface area contributed by atoms with E-state index >= 15 is 0 Å². The number of nitriles is 1. The van der Waals surface area contributed by atoms with Crippen LogP contribution in [0.2, 0.25) is 5.02 Å². The van der Waals surface area contributed by atoms with Crippen LogP contribution in [-0.2, 0) is 0 Å². The van der Waals surface area contributed by atoms with E-state index in [-0.39, 0.29) is 22.2 Å². The Bertz CT molecular complexity index is 725. The average molecular weight is 290 g/mol. The quantitative estimate of drug-likeness (QED) is 0.636. The van der Waals surface area contributed by atoms with Gasteiger partial charge in [-0.2, -0.15) is 5.26 Å². The summed E-state index contributed by atoms with van der Waals surface area (Å²) in [5.74, 6) is 0.475. The second kappa shape index (κ2) is 5.55. The number of benzene rings is 1. The van der Waals surface area contributed by atoms with Gasteiger partial charge in [-0.05, 0) is 24.6 Å². The Morgan fingerprint density at radius 1 is 1.45 bits per heavy atom. The van der Waals surface area contributed by atoms with Crippen molar-refractivity contribution >= 4 is 17.3 Å². The molecule has 20 heavy (non-hydrogen) atoms. The maximum atomic E-state index is 10.7. The summed E-state index contributed by atoms with van der Waals surface area (Å²) in [6.07, 6.45) is 1.40. The van der Waals surface area contributed by atoms with Crippen LogP contribution in [0, 0.1) is 28.4 Å². The van der Waals surface area contributed by atoms with Gasteiger partial charge >= 0.3 is 0 Å². The summed E-state index contributed by atoms with van der Waals surface area (Å²) in [6.45, 7) is 1.67. The summed E-state index contributed by atoms with van der Waals surface area (Å²) in [5.41, 5.74) is 0.787. The number of hydrogen-bond acceptors (Lipinski definition) is 5. The van der Waals surface area contributed by atoms with E-state index in [1.807, 2.05) is 6.07 Å². The van der Waals surface area contributed by atoms with Crippen LogP contribution in [-0.4, -0.2) is 9.91 Å². The summed E-state index contributed by atoms with van der Waals surface area (Å²) < 4.78 is 5.50. The van der Waals surface area contributed by atoms with Crippen molar-refractivity contribution in [2.24, 2.45) is 0 Å². The highest BCUT2D eigenvalue weighted by atomic mass is 35.5. The lowest BCUT2D eigenvalue weighted by Crippen LogP contribution is -1.94. The molecule has 0 spiro atoms. The number of aromatic nitrogens is 1. The fourth-order valence-electron chi connectivity index (χ4n) is 1.55. The van der Waals surface area contributed by atoms with Crippen LogP contribution in [0.15, 0.2) is 30.5 Å². The first-order valence-electron chi connectivity index (χ1n) is 5.50. The van der Waals surface area contributed by atoms with Gasteiger partial charge in [0.05, 0.1) is 10.5 Å². The summed E-state index contributed by atoms with van der Waals surface area (Å²) in [6, 6.07) is 7.56. The molecule has 0 saturated carbocycles. The Balaban J connectivity index is 2.36. The molecular formula is C13H8ClN3O3. The highest BCUT2D eigenvalue weighted by Gasteiger charge is 2.13. The molecule has 0 bridgehead atoms. The topological polar surface area (TPSA) is 89.1 Å². The maximum Gasteiger partial charge on any atom is 0.269 e. The molecule has 0 fully saturated rings. The zero-order valence-electron chi connectivity index (χ0n) is 10.3. The monoisotopic (exact) mass is 289 g/mol. The number of rotatable bonds is 3. The fourth-order valence-corrected chi connectivity index (χ4v) is 1.74. The van der Waals surface area contributed by atoms with Gasteiger partial charge < -0.3 is 4.74 Å². The molecule has 1 aromatic heterocycles. The molecule has 0 aliphatic carbocycles. The van der Waals surface area contributed by atoms with E-state index in [1.165, 1.54) is 30.5 Å². The van der Waals surface area contributed by atoms with Crippen LogP contribution in [0.4, 0.5) is 5.69 Å². The molecule has 0 atom stereocenters. The normalized spacial score (nSPS) is 9.85. The molecule has 0 amide bonds. The Morgan fingerprint density at radius 2 is 2.20 bits per heavy atom. The van der Waals surface area contributed by atoms with Crippen molar-refractivity contribution in [2.45, 2.75) is 6.92 Å². The molecule has 100 valence electrons.